The van der Waals surface area contributed by atoms with E-state index in [9.17, 15) is 24.3 Å². The maximum absolute atomic E-state index is 13.2. The van der Waals surface area contributed by atoms with Gasteiger partial charge in [-0.2, -0.15) is 0 Å². The van der Waals surface area contributed by atoms with Crippen molar-refractivity contribution in [2.75, 3.05) is 13.2 Å². The number of aromatic amines is 1. The zero-order valence-electron chi connectivity index (χ0n) is 21.9. The molecule has 0 fully saturated rings. The minimum Gasteiger partial charge on any atom is -0.480 e. The fraction of sp³-hybridized carbons (Fsp3) is 0.538. The second-order valence-corrected chi connectivity index (χ2v) is 9.79. The van der Waals surface area contributed by atoms with E-state index in [4.69, 9.17) is 16.6 Å². The standard InChI is InChI=1S/C26H40N6O6/c1-15(2)11-21(31-23(34)18(28)14-33)25(36)30-20(9-5-6-10-27)24(35)32-22(26(37)38)12-16-13-29-19-8-4-3-7-17(16)19/h3-4,7-8,13,15,18,20-22,29,33H,5-6,9-12,14,27-28H2,1-2H3,(H,30,36)(H,31,34)(H,32,35)(H,37,38). The Bertz CT molecular complexity index is 1090. The summed E-state index contributed by atoms with van der Waals surface area (Å²) in [5, 5.41) is 27.6. The van der Waals surface area contributed by atoms with E-state index in [1.165, 1.54) is 0 Å². The van der Waals surface area contributed by atoms with Gasteiger partial charge < -0.3 is 42.6 Å². The summed E-state index contributed by atoms with van der Waals surface area (Å²) in [4.78, 5) is 53.7. The number of para-hydroxylation sites is 1. The van der Waals surface area contributed by atoms with Gasteiger partial charge in [-0.15, -0.1) is 0 Å². The maximum atomic E-state index is 13.2. The van der Waals surface area contributed by atoms with Crippen LogP contribution in [-0.2, 0) is 25.6 Å². The molecule has 1 aromatic carbocycles. The van der Waals surface area contributed by atoms with Crippen LogP contribution in [0.25, 0.3) is 10.9 Å². The van der Waals surface area contributed by atoms with E-state index in [1.54, 1.807) is 6.20 Å². The molecule has 3 amide bonds. The Morgan fingerprint density at radius 2 is 1.58 bits per heavy atom. The zero-order valence-corrected chi connectivity index (χ0v) is 21.9. The Morgan fingerprint density at radius 3 is 2.21 bits per heavy atom. The van der Waals surface area contributed by atoms with Crippen LogP contribution >= 0.6 is 0 Å². The molecule has 1 aromatic heterocycles. The lowest BCUT2D eigenvalue weighted by Crippen LogP contribution is -2.57. The highest BCUT2D eigenvalue weighted by molar-refractivity contribution is 5.94. The fourth-order valence-corrected chi connectivity index (χ4v) is 4.09. The number of aliphatic hydroxyl groups excluding tert-OH is 1. The third kappa shape index (κ3) is 9.12. The van der Waals surface area contributed by atoms with Crippen molar-refractivity contribution in [3.8, 4) is 0 Å². The number of carboxylic acids is 1. The molecule has 2 aromatic rings. The molecular weight excluding hydrogens is 492 g/mol. The Kier molecular flexibility index (Phi) is 12.2. The Morgan fingerprint density at radius 1 is 0.947 bits per heavy atom. The van der Waals surface area contributed by atoms with Crippen LogP contribution in [0.5, 0.6) is 0 Å². The largest absolute Gasteiger partial charge is 0.480 e. The summed E-state index contributed by atoms with van der Waals surface area (Å²) in [6.45, 7) is 3.54. The number of carbonyl (C=O) groups excluding carboxylic acids is 3. The first-order valence-electron chi connectivity index (χ1n) is 12.8. The van der Waals surface area contributed by atoms with E-state index in [0.29, 0.717) is 19.4 Å². The minimum atomic E-state index is -1.23. The molecule has 0 saturated heterocycles. The number of aromatic nitrogens is 1. The lowest BCUT2D eigenvalue weighted by atomic mass is 10.0. The minimum absolute atomic E-state index is 0.0217. The van der Waals surface area contributed by atoms with Crippen LogP contribution in [0.4, 0.5) is 0 Å². The molecule has 38 heavy (non-hydrogen) atoms. The monoisotopic (exact) mass is 532 g/mol. The number of hydrogen-bond acceptors (Lipinski definition) is 7. The summed E-state index contributed by atoms with van der Waals surface area (Å²) < 4.78 is 0. The van der Waals surface area contributed by atoms with E-state index in [1.807, 2.05) is 38.1 Å². The first-order chi connectivity index (χ1) is 18.1. The van der Waals surface area contributed by atoms with Crippen molar-refractivity contribution in [3.05, 3.63) is 36.0 Å². The lowest BCUT2D eigenvalue weighted by Gasteiger charge is -2.26. The zero-order chi connectivity index (χ0) is 28.2. The average molecular weight is 533 g/mol. The number of nitrogens with two attached hydrogens (primary N) is 2. The molecular formula is C26H40N6O6. The van der Waals surface area contributed by atoms with Gasteiger partial charge in [0.25, 0.3) is 0 Å². The van der Waals surface area contributed by atoms with Crippen molar-refractivity contribution >= 4 is 34.6 Å². The number of aliphatic carboxylic acids is 1. The van der Waals surface area contributed by atoms with E-state index >= 15 is 0 Å². The summed E-state index contributed by atoms with van der Waals surface area (Å²) >= 11 is 0. The van der Waals surface area contributed by atoms with Crippen molar-refractivity contribution in [3.63, 3.8) is 0 Å². The number of benzene rings is 1. The molecule has 10 N–H and O–H groups in total. The van der Waals surface area contributed by atoms with Crippen LogP contribution < -0.4 is 27.4 Å². The molecule has 4 atom stereocenters. The van der Waals surface area contributed by atoms with E-state index in [0.717, 1.165) is 16.5 Å². The van der Waals surface area contributed by atoms with Gasteiger partial charge in [-0.25, -0.2) is 4.79 Å². The molecule has 12 heteroatoms. The highest BCUT2D eigenvalue weighted by atomic mass is 16.4. The number of amides is 3. The predicted molar refractivity (Wildman–Crippen MR) is 143 cm³/mol. The van der Waals surface area contributed by atoms with Gasteiger partial charge in [0.15, 0.2) is 0 Å². The summed E-state index contributed by atoms with van der Waals surface area (Å²) in [6, 6.07) is 2.98. The summed E-state index contributed by atoms with van der Waals surface area (Å²) in [6.07, 6.45) is 3.38. The first-order valence-corrected chi connectivity index (χ1v) is 12.8. The number of H-pyrrole nitrogens is 1. The number of rotatable bonds is 16. The summed E-state index contributed by atoms with van der Waals surface area (Å²) in [7, 11) is 0. The van der Waals surface area contributed by atoms with Gasteiger partial charge in [-0.3, -0.25) is 14.4 Å². The molecule has 210 valence electrons. The van der Waals surface area contributed by atoms with Gasteiger partial charge in [-0.1, -0.05) is 32.0 Å². The number of fused-ring (bicyclic) bond motifs is 1. The van der Waals surface area contributed by atoms with Gasteiger partial charge in [0.05, 0.1) is 6.61 Å². The van der Waals surface area contributed by atoms with Gasteiger partial charge in [0, 0.05) is 23.5 Å². The third-order valence-electron chi connectivity index (χ3n) is 6.17. The van der Waals surface area contributed by atoms with Gasteiger partial charge in [0.1, 0.15) is 24.2 Å². The van der Waals surface area contributed by atoms with Gasteiger partial charge in [0.2, 0.25) is 17.7 Å². The lowest BCUT2D eigenvalue weighted by molar-refractivity contribution is -0.142. The van der Waals surface area contributed by atoms with E-state index < -0.39 is 54.5 Å². The second-order valence-electron chi connectivity index (χ2n) is 9.79. The quantitative estimate of drug-likeness (QED) is 0.135. The smallest absolute Gasteiger partial charge is 0.326 e. The van der Waals surface area contributed by atoms with Crippen LogP contribution in [0, 0.1) is 5.92 Å². The van der Waals surface area contributed by atoms with E-state index in [2.05, 4.69) is 20.9 Å². The number of aliphatic hydroxyl groups is 1. The number of carbonyl (C=O) groups is 4. The highest BCUT2D eigenvalue weighted by Crippen LogP contribution is 2.19. The van der Waals surface area contributed by atoms with Crippen molar-refractivity contribution in [1.29, 1.82) is 0 Å². The van der Waals surface area contributed by atoms with Gasteiger partial charge >= 0.3 is 5.97 Å². The van der Waals surface area contributed by atoms with Crippen LogP contribution in [0.1, 0.15) is 45.1 Å². The summed E-state index contributed by atoms with van der Waals surface area (Å²) in [5.74, 6) is -3.13. The second kappa shape index (κ2) is 15.1. The third-order valence-corrected chi connectivity index (χ3v) is 6.17. The van der Waals surface area contributed by atoms with Crippen molar-refractivity contribution in [2.45, 2.75) is 70.1 Å². The Balaban J connectivity index is 2.18. The first kappa shape index (κ1) is 30.7. The molecule has 0 aliphatic heterocycles. The van der Waals surface area contributed by atoms with Crippen molar-refractivity contribution in [1.82, 2.24) is 20.9 Å². The number of unbranched alkanes of at least 4 members (excludes halogenated alkanes) is 1. The number of hydrogen-bond donors (Lipinski definition) is 8. The molecule has 0 bridgehead atoms. The highest BCUT2D eigenvalue weighted by Gasteiger charge is 2.30. The molecule has 0 radical (unpaired) electrons. The normalized spacial score (nSPS) is 14.5. The summed E-state index contributed by atoms with van der Waals surface area (Å²) in [5.41, 5.74) is 12.7. The van der Waals surface area contributed by atoms with Crippen molar-refractivity contribution in [2.24, 2.45) is 17.4 Å². The molecule has 0 aliphatic carbocycles. The topological polar surface area (TPSA) is 213 Å². The molecule has 4 unspecified atom stereocenters. The van der Waals surface area contributed by atoms with Crippen molar-refractivity contribution < 1.29 is 29.4 Å². The van der Waals surface area contributed by atoms with Gasteiger partial charge in [-0.05, 0) is 49.8 Å². The van der Waals surface area contributed by atoms with Crippen LogP contribution in [0.2, 0.25) is 0 Å². The molecule has 0 saturated carbocycles. The number of carboxylic acid groups (broad SMARTS) is 1. The SMILES string of the molecule is CC(C)CC(NC(=O)C(N)CO)C(=O)NC(CCCCN)C(=O)NC(Cc1c[nH]c2ccccc12)C(=O)O. The van der Waals surface area contributed by atoms with Crippen LogP contribution in [0.3, 0.4) is 0 Å². The predicted octanol–water partition coefficient (Wildman–Crippen LogP) is -0.256. The fourth-order valence-electron chi connectivity index (χ4n) is 4.09. The maximum Gasteiger partial charge on any atom is 0.326 e. The van der Waals surface area contributed by atoms with E-state index in [-0.39, 0.29) is 25.2 Å². The molecule has 0 spiro atoms. The average Bonchev–Trinajstić information content (AvgIpc) is 3.29. The number of nitrogens with one attached hydrogen (secondary N) is 4. The Hall–Kier alpha value is -3.48. The molecule has 0 aliphatic rings. The Labute approximate surface area is 221 Å². The molecule has 2 rings (SSSR count). The molecule has 12 nitrogen and oxygen atoms in total. The van der Waals surface area contributed by atoms with Crippen LogP contribution in [0.15, 0.2) is 30.5 Å². The van der Waals surface area contributed by atoms with Crippen LogP contribution in [-0.4, -0.2) is 76.2 Å². The molecule has 1 heterocycles.